The number of aryl methyl sites for hydroxylation is 4. The molecular formula is C92H150O12S. The van der Waals surface area contributed by atoms with Crippen LogP contribution in [0.2, 0.25) is 0 Å². The molecule has 0 fully saturated rings. The molecule has 4 aromatic rings. The Labute approximate surface area is 644 Å². The van der Waals surface area contributed by atoms with Gasteiger partial charge >= 0.3 is 23.9 Å². The predicted molar refractivity (Wildman–Crippen MR) is 442 cm³/mol. The van der Waals surface area contributed by atoms with Crippen molar-refractivity contribution in [3.8, 4) is 23.0 Å². The highest BCUT2D eigenvalue weighted by Crippen LogP contribution is 2.44. The van der Waals surface area contributed by atoms with Crippen LogP contribution in [0.15, 0.2) is 48.5 Å². The van der Waals surface area contributed by atoms with Gasteiger partial charge in [-0.1, -0.05) is 318 Å². The molecule has 0 saturated heterocycles. The molecule has 12 nitrogen and oxygen atoms in total. The predicted octanol–water partition coefficient (Wildman–Crippen LogP) is 23.9. The van der Waals surface area contributed by atoms with E-state index in [9.17, 15) is 39.6 Å². The van der Waals surface area contributed by atoms with Crippen LogP contribution in [0.25, 0.3) is 0 Å². The molecule has 0 aliphatic heterocycles. The normalized spacial score (nSPS) is 12.4. The molecule has 0 amide bonds. The second-order valence-corrected chi connectivity index (χ2v) is 38.8. The van der Waals surface area contributed by atoms with Crippen LogP contribution >= 0.6 is 11.8 Å². The highest BCUT2D eigenvalue weighted by molar-refractivity contribution is 7.99. The third kappa shape index (κ3) is 36.4. The number of ether oxygens (including phenoxy) is 4. The van der Waals surface area contributed by atoms with Gasteiger partial charge in [-0.05, 0) is 149 Å². The Hall–Kier alpha value is -5.69. The Morgan fingerprint density at radius 1 is 0.276 bits per heavy atom. The van der Waals surface area contributed by atoms with Crippen molar-refractivity contribution in [2.75, 3.05) is 37.9 Å². The van der Waals surface area contributed by atoms with E-state index in [1.807, 2.05) is 43.3 Å². The van der Waals surface area contributed by atoms with E-state index < -0.39 is 0 Å². The maximum absolute atomic E-state index is 12.4. The first-order valence-electron chi connectivity index (χ1n) is 40.1. The molecule has 105 heavy (non-hydrogen) atoms. The van der Waals surface area contributed by atoms with Gasteiger partial charge in [0.2, 0.25) is 0 Å². The zero-order valence-electron chi connectivity index (χ0n) is 71.3. The van der Waals surface area contributed by atoms with Crippen LogP contribution in [-0.4, -0.2) is 82.2 Å². The Balaban J connectivity index is 0.000000565. The zero-order valence-corrected chi connectivity index (χ0v) is 72.1. The van der Waals surface area contributed by atoms with E-state index >= 15 is 0 Å². The Morgan fingerprint density at radius 2 is 0.457 bits per heavy atom. The maximum atomic E-state index is 12.4. The fourth-order valence-corrected chi connectivity index (χ4v) is 13.3. The van der Waals surface area contributed by atoms with Gasteiger partial charge in [0, 0.05) is 37.2 Å². The molecule has 4 aromatic carbocycles. The number of aromatic hydroxyl groups is 4. The van der Waals surface area contributed by atoms with Crippen LogP contribution in [-0.2, 0) is 107 Å². The average molecular weight is 1480 g/mol. The fraction of sp³-hybridized carbons (Fsp3) is 0.696. The Bertz CT molecular complexity index is 3040. The molecule has 596 valence electrons. The molecule has 13 heteroatoms. The standard InChI is InChI=1S/C38H58O6S.C35H62O3.C19H30O3/c1-35(2,3)27-21-25(22-28(33(27)41)36(4,5)6)13-15-31(39)43-17-19-45-20-18-44-32(40)16-14-26-23-29(37(7,8)9)34(42)30(24-26)38(10,11)12;1-8-9-10-11-12-13-14-15-16-17-18-19-20-21-22-23-26-38-32(36)25-24-29-27-30(34(2,3)4)33(37)31(28-29)35(5,6)7;1-8-22-16(20)10-9-13-11-14(18(2,3)4)17(21)15(12-13)19(5,6)7/h21-24,41-42H,13-20H2,1-12H3;27-28,37H,8-26H2,1-7H3;11-12,21H,8-10H2,1-7H3. The summed E-state index contributed by atoms with van der Waals surface area (Å²) < 4.78 is 21.4. The van der Waals surface area contributed by atoms with Crippen LogP contribution in [0.3, 0.4) is 0 Å². The summed E-state index contributed by atoms with van der Waals surface area (Å²) in [4.78, 5) is 48.8. The second kappa shape index (κ2) is 44.1. The highest BCUT2D eigenvalue weighted by atomic mass is 32.2. The zero-order chi connectivity index (χ0) is 80.0. The van der Waals surface area contributed by atoms with Crippen molar-refractivity contribution in [2.24, 2.45) is 0 Å². The first-order valence-corrected chi connectivity index (χ1v) is 41.3. The number of esters is 4. The minimum absolute atomic E-state index is 0.117. The number of hydrogen-bond donors (Lipinski definition) is 4. The van der Waals surface area contributed by atoms with Gasteiger partial charge in [-0.3, -0.25) is 19.2 Å². The molecule has 4 N–H and O–H groups in total. The van der Waals surface area contributed by atoms with Gasteiger partial charge in [-0.2, -0.15) is 11.8 Å². The Kier molecular flexibility index (Phi) is 40.1. The monoisotopic (exact) mass is 1480 g/mol. The summed E-state index contributed by atoms with van der Waals surface area (Å²) in [5.41, 5.74) is 10.0. The SMILES string of the molecule is CC(C)(C)c1cc(CCC(=O)OCCSCCOC(=O)CCc2cc(C(C)(C)C)c(O)c(C(C)(C)C)c2)cc(C(C)(C)C)c1O.CCCCCCCCCCCCCCCCCCOC(=O)CCc1cc(C(C)(C)C)c(O)c(C(C)(C)C)c1.CCOC(=O)CCc1cc(C(C)(C)C)c(O)c(C(C)(C)C)c1. The minimum atomic E-state index is -0.247. The number of unbranched alkanes of at least 4 members (excludes halogenated alkanes) is 15. The number of carbonyl (C=O) groups is 4. The topological polar surface area (TPSA) is 186 Å². The average Bonchev–Trinajstić information content (AvgIpc) is 0.807. The maximum Gasteiger partial charge on any atom is 0.306 e. The fourth-order valence-electron chi connectivity index (χ4n) is 12.7. The molecule has 0 bridgehead atoms. The summed E-state index contributed by atoms with van der Waals surface area (Å²) in [6, 6.07) is 16.2. The minimum Gasteiger partial charge on any atom is -0.507 e. The Morgan fingerprint density at radius 3 is 0.648 bits per heavy atom. The highest BCUT2D eigenvalue weighted by Gasteiger charge is 2.31. The lowest BCUT2D eigenvalue weighted by molar-refractivity contribution is -0.144. The molecule has 0 radical (unpaired) electrons. The first kappa shape index (κ1) is 95.4. The molecule has 0 heterocycles. The van der Waals surface area contributed by atoms with Gasteiger partial charge in [-0.25, -0.2) is 0 Å². The third-order valence-corrected chi connectivity index (χ3v) is 20.1. The summed E-state index contributed by atoms with van der Waals surface area (Å²) in [7, 11) is 0. The molecule has 0 spiro atoms. The number of phenols is 4. The molecule has 0 saturated carbocycles. The lowest BCUT2D eigenvalue weighted by Crippen LogP contribution is -2.18. The number of thioether (sulfide) groups is 1. The van der Waals surface area contributed by atoms with Crippen molar-refractivity contribution in [1.82, 2.24) is 0 Å². The summed E-state index contributed by atoms with van der Waals surface area (Å²) >= 11 is 1.58. The van der Waals surface area contributed by atoms with Crippen molar-refractivity contribution >= 4 is 35.6 Å². The van der Waals surface area contributed by atoms with Crippen LogP contribution in [0.1, 0.15) is 375 Å². The van der Waals surface area contributed by atoms with Crippen molar-refractivity contribution in [3.63, 3.8) is 0 Å². The molecular weight excluding hydrogens is 1330 g/mol. The number of rotatable bonds is 36. The molecule has 0 unspecified atom stereocenters. The molecule has 0 aromatic heterocycles. The van der Waals surface area contributed by atoms with Gasteiger partial charge in [0.15, 0.2) is 0 Å². The van der Waals surface area contributed by atoms with Gasteiger partial charge in [0.1, 0.15) is 36.2 Å². The molecule has 0 aliphatic rings. The number of hydrogen-bond acceptors (Lipinski definition) is 13. The number of benzene rings is 4. The van der Waals surface area contributed by atoms with E-state index in [1.54, 1.807) is 11.8 Å². The first-order chi connectivity index (χ1) is 48.4. The van der Waals surface area contributed by atoms with Crippen molar-refractivity contribution in [1.29, 1.82) is 0 Å². The van der Waals surface area contributed by atoms with E-state index in [2.05, 4.69) is 185 Å². The molecule has 4 rings (SSSR count). The quantitative estimate of drug-likeness (QED) is 0.0192. The number of phenolic OH excluding ortho intramolecular Hbond substituents is 4. The van der Waals surface area contributed by atoms with E-state index in [0.717, 1.165) is 79.6 Å². The van der Waals surface area contributed by atoms with Crippen LogP contribution in [0.4, 0.5) is 0 Å². The summed E-state index contributed by atoms with van der Waals surface area (Å²) in [5.74, 6) is 1.91. The largest absolute Gasteiger partial charge is 0.507 e. The summed E-state index contributed by atoms with van der Waals surface area (Å²) in [6.45, 7) is 55.8. The van der Waals surface area contributed by atoms with Gasteiger partial charge in [-0.15, -0.1) is 0 Å². The number of carbonyl (C=O) groups excluding carboxylic acids is 4. The lowest BCUT2D eigenvalue weighted by Gasteiger charge is -2.28. The van der Waals surface area contributed by atoms with E-state index in [1.165, 1.54) is 89.9 Å². The van der Waals surface area contributed by atoms with Crippen LogP contribution in [0.5, 0.6) is 23.0 Å². The summed E-state index contributed by atoms with van der Waals surface area (Å²) in [6.07, 6.45) is 25.2. The van der Waals surface area contributed by atoms with E-state index in [4.69, 9.17) is 18.9 Å². The summed E-state index contributed by atoms with van der Waals surface area (Å²) in [5, 5.41) is 43.4. The van der Waals surface area contributed by atoms with Crippen molar-refractivity contribution in [3.05, 3.63) is 115 Å². The van der Waals surface area contributed by atoms with Crippen molar-refractivity contribution < 1.29 is 58.6 Å². The second-order valence-electron chi connectivity index (χ2n) is 37.5. The smallest absolute Gasteiger partial charge is 0.306 e. The van der Waals surface area contributed by atoms with Crippen molar-refractivity contribution in [2.45, 2.75) is 377 Å². The van der Waals surface area contributed by atoms with Crippen LogP contribution < -0.4 is 0 Å². The van der Waals surface area contributed by atoms with Gasteiger partial charge in [0.05, 0.1) is 13.2 Å². The molecule has 0 aliphatic carbocycles. The third-order valence-electron chi connectivity index (χ3n) is 19.2. The lowest BCUT2D eigenvalue weighted by atomic mass is 9.78. The van der Waals surface area contributed by atoms with E-state index in [0.29, 0.717) is 99.5 Å². The van der Waals surface area contributed by atoms with Gasteiger partial charge in [0.25, 0.3) is 0 Å². The molecule has 0 atom stereocenters. The van der Waals surface area contributed by atoms with Gasteiger partial charge < -0.3 is 39.4 Å². The van der Waals surface area contributed by atoms with E-state index in [-0.39, 0.29) is 80.0 Å². The van der Waals surface area contributed by atoms with Crippen LogP contribution in [0, 0.1) is 0 Å².